The molecule has 1 aliphatic rings. The smallest absolute Gasteiger partial charge is 0.230 e. The molecule has 1 saturated heterocycles. The molecule has 5 heterocycles. The van der Waals surface area contributed by atoms with E-state index >= 15 is 0 Å². The lowest BCUT2D eigenvalue weighted by Crippen LogP contribution is -2.44. The number of likely N-dealkylation sites (N-methyl/N-ethyl adjacent to an activating group) is 1. The second-order valence-corrected chi connectivity index (χ2v) is 11.3. The Morgan fingerprint density at radius 3 is 2.60 bits per heavy atom. The summed E-state index contributed by atoms with van der Waals surface area (Å²) in [5, 5.41) is 9.66. The molecule has 0 spiro atoms. The van der Waals surface area contributed by atoms with E-state index in [-0.39, 0.29) is 12.3 Å². The molecule has 45 heavy (non-hydrogen) atoms. The molecular weight excluding hydrogens is 568 g/mol. The molecule has 0 radical (unpaired) electrons. The molecule has 12 nitrogen and oxygen atoms in total. The number of ether oxygens (including phenoxy) is 1. The highest BCUT2D eigenvalue weighted by molar-refractivity contribution is 6.00. The van der Waals surface area contributed by atoms with Crippen LogP contribution in [-0.2, 0) is 18.3 Å². The molecule has 4 aromatic heterocycles. The Morgan fingerprint density at radius 2 is 1.80 bits per heavy atom. The zero-order valence-electron chi connectivity index (χ0n) is 25.4. The minimum absolute atomic E-state index is 0.148. The number of methoxy groups -OCH3 is 1. The highest BCUT2D eigenvalue weighted by Gasteiger charge is 2.22. The second-order valence-electron chi connectivity index (χ2n) is 11.3. The largest absolute Gasteiger partial charge is 0.495 e. The quantitative estimate of drug-likeness (QED) is 0.279. The van der Waals surface area contributed by atoms with Crippen LogP contribution in [0.3, 0.4) is 0 Å². The van der Waals surface area contributed by atoms with Crippen LogP contribution in [0.1, 0.15) is 5.69 Å². The number of amides is 1. The van der Waals surface area contributed by atoms with Gasteiger partial charge < -0.3 is 30.2 Å². The van der Waals surface area contributed by atoms with Crippen LogP contribution in [0.5, 0.6) is 5.75 Å². The standard InChI is InChI=1S/C33H34N10O2/c1-40-12-14-42(15-13-40)23-10-11-35-28(18-23)43-33-30(32(34)36-20-37-33)31(39-43)22-8-9-25(27(17-22)45-3)38-29(44)19-24-16-21-6-4-5-7-26(21)41(24)2/h4-11,16-18,20H,12-15,19H2,1-3H3,(H,38,44)(H2,34,36,37). The number of aromatic nitrogens is 6. The van der Waals surface area contributed by atoms with Crippen molar-refractivity contribution < 1.29 is 9.53 Å². The van der Waals surface area contributed by atoms with Crippen molar-refractivity contribution in [3.05, 3.63) is 78.9 Å². The Labute approximate surface area is 260 Å². The second kappa shape index (κ2) is 11.5. The van der Waals surface area contributed by atoms with Crippen LogP contribution in [0.15, 0.2) is 73.2 Å². The molecule has 1 aliphatic heterocycles. The zero-order chi connectivity index (χ0) is 31.1. The predicted octanol–water partition coefficient (Wildman–Crippen LogP) is 3.89. The summed E-state index contributed by atoms with van der Waals surface area (Å²) in [6, 6.07) is 19.7. The molecule has 7 rings (SSSR count). The van der Waals surface area contributed by atoms with Gasteiger partial charge in [-0.1, -0.05) is 24.3 Å². The Bertz CT molecular complexity index is 2040. The summed E-state index contributed by atoms with van der Waals surface area (Å²) in [5.74, 6) is 1.28. The number of nitrogen functional groups attached to an aromatic ring is 1. The van der Waals surface area contributed by atoms with Gasteiger partial charge in [0.25, 0.3) is 0 Å². The van der Waals surface area contributed by atoms with Gasteiger partial charge in [0, 0.05) is 68.0 Å². The minimum Gasteiger partial charge on any atom is -0.495 e. The summed E-state index contributed by atoms with van der Waals surface area (Å²) in [6.07, 6.45) is 3.44. The van der Waals surface area contributed by atoms with Gasteiger partial charge in [-0.05, 0) is 42.8 Å². The van der Waals surface area contributed by atoms with Crippen LogP contribution in [0.4, 0.5) is 17.2 Å². The lowest BCUT2D eigenvalue weighted by Gasteiger charge is -2.34. The molecule has 0 atom stereocenters. The van der Waals surface area contributed by atoms with E-state index in [1.54, 1.807) is 18.0 Å². The van der Waals surface area contributed by atoms with Crippen LogP contribution in [0.2, 0.25) is 0 Å². The normalized spacial score (nSPS) is 13.9. The summed E-state index contributed by atoms with van der Waals surface area (Å²) >= 11 is 0. The molecule has 3 N–H and O–H groups in total. The minimum atomic E-state index is -0.148. The number of para-hydroxylation sites is 1. The molecule has 0 saturated carbocycles. The Morgan fingerprint density at radius 1 is 0.978 bits per heavy atom. The van der Waals surface area contributed by atoms with E-state index in [1.165, 1.54) is 6.33 Å². The average Bonchev–Trinajstić information content (AvgIpc) is 3.60. The van der Waals surface area contributed by atoms with Crippen molar-refractivity contribution in [2.24, 2.45) is 7.05 Å². The fourth-order valence-corrected chi connectivity index (χ4v) is 5.94. The first kappa shape index (κ1) is 28.3. The van der Waals surface area contributed by atoms with Crippen LogP contribution in [0.25, 0.3) is 39.0 Å². The molecule has 1 fully saturated rings. The highest BCUT2D eigenvalue weighted by atomic mass is 16.5. The topological polar surface area (TPSA) is 132 Å². The Kier molecular flexibility index (Phi) is 7.26. The maximum atomic E-state index is 13.1. The summed E-state index contributed by atoms with van der Waals surface area (Å²) in [6.45, 7) is 3.87. The first-order valence-electron chi connectivity index (χ1n) is 14.8. The number of nitrogens with zero attached hydrogens (tertiary/aromatic N) is 8. The van der Waals surface area contributed by atoms with Gasteiger partial charge in [-0.25, -0.2) is 15.0 Å². The fraction of sp³-hybridized carbons (Fsp3) is 0.242. The number of nitrogens with one attached hydrogen (secondary N) is 1. The summed E-state index contributed by atoms with van der Waals surface area (Å²) in [5.41, 5.74) is 11.9. The number of anilines is 3. The molecule has 228 valence electrons. The number of carbonyl (C=O) groups excluding carboxylic acids is 1. The van der Waals surface area contributed by atoms with Crippen molar-refractivity contribution in [2.75, 3.05) is 56.3 Å². The number of pyridine rings is 1. The molecule has 0 bridgehead atoms. The maximum absolute atomic E-state index is 13.1. The predicted molar refractivity (Wildman–Crippen MR) is 176 cm³/mol. The number of hydrogen-bond acceptors (Lipinski definition) is 9. The Hall–Kier alpha value is -5.49. The van der Waals surface area contributed by atoms with E-state index in [9.17, 15) is 4.79 Å². The lowest BCUT2D eigenvalue weighted by atomic mass is 10.1. The van der Waals surface area contributed by atoms with Crippen LogP contribution in [-0.4, -0.2) is 80.4 Å². The van der Waals surface area contributed by atoms with Gasteiger partial charge in [0.2, 0.25) is 5.91 Å². The van der Waals surface area contributed by atoms with Crippen LogP contribution < -0.4 is 20.7 Å². The van der Waals surface area contributed by atoms with E-state index < -0.39 is 0 Å². The van der Waals surface area contributed by atoms with Gasteiger partial charge in [0.05, 0.1) is 24.6 Å². The average molecular weight is 603 g/mol. The van der Waals surface area contributed by atoms with Crippen molar-refractivity contribution >= 4 is 45.0 Å². The number of fused-ring (bicyclic) bond motifs is 2. The number of rotatable bonds is 7. The van der Waals surface area contributed by atoms with E-state index in [4.69, 9.17) is 15.6 Å². The fourth-order valence-electron chi connectivity index (χ4n) is 5.94. The van der Waals surface area contributed by atoms with E-state index in [0.717, 1.165) is 54.0 Å². The molecule has 12 heteroatoms. The highest BCUT2D eigenvalue weighted by Crippen LogP contribution is 2.36. The third kappa shape index (κ3) is 5.29. The van der Waals surface area contributed by atoms with Crippen LogP contribution in [0, 0.1) is 0 Å². The number of piperazine rings is 1. The van der Waals surface area contributed by atoms with Crippen molar-refractivity contribution in [1.82, 2.24) is 34.2 Å². The maximum Gasteiger partial charge on any atom is 0.230 e. The van der Waals surface area contributed by atoms with Gasteiger partial charge in [-0.15, -0.1) is 0 Å². The number of hydrogen-bond donors (Lipinski definition) is 2. The van der Waals surface area contributed by atoms with Gasteiger partial charge in [0.1, 0.15) is 23.6 Å². The van der Waals surface area contributed by atoms with Gasteiger partial charge in [-0.3, -0.25) is 4.79 Å². The zero-order valence-corrected chi connectivity index (χ0v) is 25.4. The third-order valence-corrected chi connectivity index (χ3v) is 8.45. The van der Waals surface area contributed by atoms with Crippen molar-refractivity contribution in [3.63, 3.8) is 0 Å². The van der Waals surface area contributed by atoms with E-state index in [2.05, 4.69) is 37.1 Å². The van der Waals surface area contributed by atoms with Crippen LogP contribution >= 0.6 is 0 Å². The number of carbonyl (C=O) groups is 1. The molecular formula is C33H34N10O2. The first-order chi connectivity index (χ1) is 21.9. The molecule has 0 aliphatic carbocycles. The first-order valence-corrected chi connectivity index (χ1v) is 14.8. The Balaban J connectivity index is 1.20. The van der Waals surface area contributed by atoms with Gasteiger partial charge in [-0.2, -0.15) is 9.78 Å². The van der Waals surface area contributed by atoms with Crippen molar-refractivity contribution in [1.29, 1.82) is 0 Å². The lowest BCUT2D eigenvalue weighted by molar-refractivity contribution is -0.115. The summed E-state index contributed by atoms with van der Waals surface area (Å²) < 4.78 is 9.46. The summed E-state index contributed by atoms with van der Waals surface area (Å²) in [7, 11) is 5.68. The molecule has 2 aromatic carbocycles. The van der Waals surface area contributed by atoms with E-state index in [0.29, 0.717) is 39.8 Å². The molecule has 1 amide bonds. The molecule has 6 aromatic rings. The number of nitrogens with two attached hydrogens (primary N) is 1. The van der Waals surface area contributed by atoms with Gasteiger partial charge in [0.15, 0.2) is 11.5 Å². The molecule has 0 unspecified atom stereocenters. The summed E-state index contributed by atoms with van der Waals surface area (Å²) in [4.78, 5) is 31.2. The third-order valence-electron chi connectivity index (χ3n) is 8.45. The van der Waals surface area contributed by atoms with Crippen molar-refractivity contribution in [2.45, 2.75) is 6.42 Å². The van der Waals surface area contributed by atoms with Gasteiger partial charge >= 0.3 is 0 Å². The van der Waals surface area contributed by atoms with E-state index in [1.807, 2.05) is 72.3 Å². The monoisotopic (exact) mass is 602 g/mol. The SMILES string of the molecule is COc1cc(-c2nn(-c3cc(N4CCN(C)CC4)ccn3)c3ncnc(N)c23)ccc1NC(=O)Cc1cc2ccccc2n1C. The van der Waals surface area contributed by atoms with Crippen molar-refractivity contribution in [3.8, 4) is 22.8 Å². The number of aryl methyl sites for hydroxylation is 1. The number of benzene rings is 2.